The standard InChI is InChI=1S/C10H13NO3/c1-4-14-10(13)8-5-7(2)9(6-12)11(8)3/h5-6H,4H2,1-3H3. The largest absolute Gasteiger partial charge is 0.461 e. The van der Waals surface area contributed by atoms with Gasteiger partial charge in [0.1, 0.15) is 5.69 Å². The van der Waals surface area contributed by atoms with Crippen molar-refractivity contribution in [1.29, 1.82) is 0 Å². The second-order valence-corrected chi connectivity index (χ2v) is 3.00. The first-order valence-electron chi connectivity index (χ1n) is 4.40. The molecule has 0 aliphatic carbocycles. The van der Waals surface area contributed by atoms with Crippen LogP contribution >= 0.6 is 0 Å². The zero-order chi connectivity index (χ0) is 10.7. The Bertz CT molecular complexity index is 366. The molecule has 4 heteroatoms. The quantitative estimate of drug-likeness (QED) is 0.540. The molecule has 0 unspecified atom stereocenters. The lowest BCUT2D eigenvalue weighted by Gasteiger charge is -2.03. The van der Waals surface area contributed by atoms with E-state index in [1.165, 1.54) is 0 Å². The van der Waals surface area contributed by atoms with Gasteiger partial charge in [0.05, 0.1) is 12.3 Å². The first-order chi connectivity index (χ1) is 6.61. The summed E-state index contributed by atoms with van der Waals surface area (Å²) >= 11 is 0. The van der Waals surface area contributed by atoms with Crippen LogP contribution in [0.1, 0.15) is 33.5 Å². The zero-order valence-electron chi connectivity index (χ0n) is 8.53. The van der Waals surface area contributed by atoms with E-state index >= 15 is 0 Å². The van der Waals surface area contributed by atoms with Crippen molar-refractivity contribution in [1.82, 2.24) is 4.57 Å². The number of carbonyl (C=O) groups is 2. The lowest BCUT2D eigenvalue weighted by molar-refractivity contribution is 0.0515. The molecule has 1 aromatic rings. The van der Waals surface area contributed by atoms with Gasteiger partial charge in [-0.15, -0.1) is 0 Å². The fourth-order valence-corrected chi connectivity index (χ4v) is 1.34. The molecule has 0 aliphatic heterocycles. The predicted octanol–water partition coefficient (Wildman–Crippen LogP) is 1.32. The van der Waals surface area contributed by atoms with Crippen LogP contribution in [0.2, 0.25) is 0 Å². The molecule has 0 amide bonds. The predicted molar refractivity (Wildman–Crippen MR) is 51.5 cm³/mol. The molecule has 0 saturated carbocycles. The monoisotopic (exact) mass is 195 g/mol. The van der Waals surface area contributed by atoms with Gasteiger partial charge >= 0.3 is 5.97 Å². The Balaban J connectivity index is 3.10. The molecule has 1 heterocycles. The van der Waals surface area contributed by atoms with Crippen LogP contribution in [0.3, 0.4) is 0 Å². The smallest absolute Gasteiger partial charge is 0.354 e. The average Bonchev–Trinajstić information content (AvgIpc) is 2.42. The van der Waals surface area contributed by atoms with Crippen LogP contribution in [-0.2, 0) is 11.8 Å². The van der Waals surface area contributed by atoms with Crippen molar-refractivity contribution in [2.75, 3.05) is 6.61 Å². The third kappa shape index (κ3) is 1.69. The maximum absolute atomic E-state index is 11.4. The van der Waals surface area contributed by atoms with Crippen LogP contribution in [0.5, 0.6) is 0 Å². The van der Waals surface area contributed by atoms with Gasteiger partial charge in [0, 0.05) is 7.05 Å². The summed E-state index contributed by atoms with van der Waals surface area (Å²) in [6.45, 7) is 3.86. The number of aromatic nitrogens is 1. The van der Waals surface area contributed by atoms with E-state index in [1.807, 2.05) is 0 Å². The van der Waals surface area contributed by atoms with Crippen LogP contribution in [0.4, 0.5) is 0 Å². The molecule has 14 heavy (non-hydrogen) atoms. The Labute approximate surface area is 82.5 Å². The molecule has 0 atom stereocenters. The van der Waals surface area contributed by atoms with E-state index in [0.29, 0.717) is 18.0 Å². The fourth-order valence-electron chi connectivity index (χ4n) is 1.34. The molecular formula is C10H13NO3. The Kier molecular flexibility index (Phi) is 3.06. The SMILES string of the molecule is CCOC(=O)c1cc(C)c(C=O)n1C. The van der Waals surface area contributed by atoms with Crippen molar-refractivity contribution in [3.8, 4) is 0 Å². The Morgan fingerprint density at radius 2 is 2.29 bits per heavy atom. The average molecular weight is 195 g/mol. The summed E-state index contributed by atoms with van der Waals surface area (Å²) in [6.07, 6.45) is 0.734. The summed E-state index contributed by atoms with van der Waals surface area (Å²) in [6, 6.07) is 1.65. The molecular weight excluding hydrogens is 182 g/mol. The summed E-state index contributed by atoms with van der Waals surface area (Å²) in [4.78, 5) is 22.1. The molecule has 1 rings (SSSR count). The summed E-state index contributed by atoms with van der Waals surface area (Å²) < 4.78 is 6.39. The van der Waals surface area contributed by atoms with Gasteiger partial charge < -0.3 is 9.30 Å². The minimum Gasteiger partial charge on any atom is -0.461 e. The molecule has 0 radical (unpaired) electrons. The maximum Gasteiger partial charge on any atom is 0.354 e. The summed E-state index contributed by atoms with van der Waals surface area (Å²) in [7, 11) is 1.67. The topological polar surface area (TPSA) is 48.3 Å². The molecule has 1 aromatic heterocycles. The highest BCUT2D eigenvalue weighted by atomic mass is 16.5. The summed E-state index contributed by atoms with van der Waals surface area (Å²) in [5.41, 5.74) is 1.70. The van der Waals surface area contributed by atoms with Gasteiger partial charge in [-0.2, -0.15) is 0 Å². The van der Waals surface area contributed by atoms with Gasteiger partial charge in [0.15, 0.2) is 6.29 Å². The van der Waals surface area contributed by atoms with E-state index in [0.717, 1.165) is 11.8 Å². The number of esters is 1. The van der Waals surface area contributed by atoms with E-state index in [2.05, 4.69) is 0 Å². The second-order valence-electron chi connectivity index (χ2n) is 3.00. The van der Waals surface area contributed by atoms with Gasteiger partial charge in [0.2, 0.25) is 0 Å². The third-order valence-corrected chi connectivity index (χ3v) is 2.08. The number of ether oxygens (including phenoxy) is 1. The van der Waals surface area contributed by atoms with E-state index in [-0.39, 0.29) is 0 Å². The van der Waals surface area contributed by atoms with Gasteiger partial charge in [0.25, 0.3) is 0 Å². The number of aldehydes is 1. The molecule has 0 saturated heterocycles. The summed E-state index contributed by atoms with van der Waals surface area (Å²) in [5, 5.41) is 0. The van der Waals surface area contributed by atoms with E-state index in [1.54, 1.807) is 31.5 Å². The number of rotatable bonds is 3. The van der Waals surface area contributed by atoms with Crippen LogP contribution in [-0.4, -0.2) is 23.4 Å². The second kappa shape index (κ2) is 4.09. The normalized spacial score (nSPS) is 9.93. The molecule has 0 aliphatic rings. The highest BCUT2D eigenvalue weighted by molar-refractivity contribution is 5.90. The van der Waals surface area contributed by atoms with E-state index in [9.17, 15) is 9.59 Å². The van der Waals surface area contributed by atoms with Gasteiger partial charge in [-0.3, -0.25) is 4.79 Å². The first kappa shape index (κ1) is 10.5. The lowest BCUT2D eigenvalue weighted by Crippen LogP contribution is -2.10. The van der Waals surface area contributed by atoms with E-state index in [4.69, 9.17) is 4.74 Å². The third-order valence-electron chi connectivity index (χ3n) is 2.08. The van der Waals surface area contributed by atoms with Crippen molar-refractivity contribution < 1.29 is 14.3 Å². The van der Waals surface area contributed by atoms with E-state index < -0.39 is 5.97 Å². The van der Waals surface area contributed by atoms with Crippen molar-refractivity contribution in [3.05, 3.63) is 23.0 Å². The van der Waals surface area contributed by atoms with Crippen LogP contribution < -0.4 is 0 Å². The van der Waals surface area contributed by atoms with Crippen LogP contribution in [0.25, 0.3) is 0 Å². The van der Waals surface area contributed by atoms with Crippen molar-refractivity contribution in [3.63, 3.8) is 0 Å². The number of aryl methyl sites for hydroxylation is 1. The van der Waals surface area contributed by atoms with Gasteiger partial charge in [-0.1, -0.05) is 0 Å². The number of hydrogen-bond donors (Lipinski definition) is 0. The Morgan fingerprint density at radius 1 is 1.64 bits per heavy atom. The Morgan fingerprint density at radius 3 is 2.71 bits per heavy atom. The minimum absolute atomic E-state index is 0.333. The highest BCUT2D eigenvalue weighted by Gasteiger charge is 2.15. The fraction of sp³-hybridized carbons (Fsp3) is 0.400. The molecule has 0 spiro atoms. The maximum atomic E-state index is 11.4. The molecule has 0 bridgehead atoms. The van der Waals surface area contributed by atoms with Crippen molar-refractivity contribution in [2.24, 2.45) is 7.05 Å². The van der Waals surface area contributed by atoms with Crippen molar-refractivity contribution in [2.45, 2.75) is 13.8 Å². The molecule has 4 nitrogen and oxygen atoms in total. The van der Waals surface area contributed by atoms with Crippen LogP contribution in [0.15, 0.2) is 6.07 Å². The molecule has 76 valence electrons. The zero-order valence-corrected chi connectivity index (χ0v) is 8.53. The molecule has 0 N–H and O–H groups in total. The van der Waals surface area contributed by atoms with Gasteiger partial charge in [-0.05, 0) is 25.5 Å². The number of hydrogen-bond acceptors (Lipinski definition) is 3. The van der Waals surface area contributed by atoms with Crippen LogP contribution in [0, 0.1) is 6.92 Å². The van der Waals surface area contributed by atoms with Crippen molar-refractivity contribution >= 4 is 12.3 Å². The first-order valence-corrected chi connectivity index (χ1v) is 4.40. The molecule has 0 fully saturated rings. The highest BCUT2D eigenvalue weighted by Crippen LogP contribution is 2.12. The summed E-state index contributed by atoms with van der Waals surface area (Å²) in [5.74, 6) is -0.397. The molecule has 0 aromatic carbocycles. The Hall–Kier alpha value is -1.58. The van der Waals surface area contributed by atoms with Gasteiger partial charge in [-0.25, -0.2) is 4.79 Å². The lowest BCUT2D eigenvalue weighted by atomic mass is 10.3. The number of carbonyl (C=O) groups excluding carboxylic acids is 2. The minimum atomic E-state index is -0.397. The number of nitrogens with zero attached hydrogens (tertiary/aromatic N) is 1.